The van der Waals surface area contributed by atoms with E-state index in [-0.39, 0.29) is 19.1 Å². The highest BCUT2D eigenvalue weighted by atomic mass is 16.5. The molecule has 2 atom stereocenters. The number of ketones is 1. The number of carboxylic acids is 1. The maximum Gasteiger partial charge on any atom is 0.322 e. The zero-order valence-electron chi connectivity index (χ0n) is 22.7. The van der Waals surface area contributed by atoms with Gasteiger partial charge >= 0.3 is 5.97 Å². The van der Waals surface area contributed by atoms with Crippen molar-refractivity contribution in [2.24, 2.45) is 5.92 Å². The number of carbonyl (C=O) groups is 5. The Bertz CT molecular complexity index is 1160. The van der Waals surface area contributed by atoms with Gasteiger partial charge in [-0.15, -0.1) is 0 Å². The summed E-state index contributed by atoms with van der Waals surface area (Å²) in [7, 11) is 0. The van der Waals surface area contributed by atoms with Gasteiger partial charge in [0.2, 0.25) is 11.7 Å². The minimum absolute atomic E-state index is 0.132. The van der Waals surface area contributed by atoms with Gasteiger partial charge in [-0.2, -0.15) is 0 Å². The van der Waals surface area contributed by atoms with Crippen LogP contribution in [0.1, 0.15) is 60.0 Å². The third-order valence-electron chi connectivity index (χ3n) is 6.88. The second-order valence-corrected chi connectivity index (χ2v) is 10.1. The van der Waals surface area contributed by atoms with E-state index in [1.807, 2.05) is 42.6 Å². The van der Waals surface area contributed by atoms with E-state index in [4.69, 9.17) is 9.84 Å². The summed E-state index contributed by atoms with van der Waals surface area (Å²) < 4.78 is 5.65. The number of hydrogen-bond donors (Lipinski definition) is 4. The van der Waals surface area contributed by atoms with Crippen molar-refractivity contribution in [1.29, 1.82) is 0 Å². The summed E-state index contributed by atoms with van der Waals surface area (Å²) in [6, 6.07) is 13.8. The molecular weight excluding hydrogens is 514 g/mol. The van der Waals surface area contributed by atoms with Crippen LogP contribution in [0.25, 0.3) is 0 Å². The highest BCUT2D eigenvalue weighted by molar-refractivity contribution is 6.38. The fourth-order valence-corrected chi connectivity index (χ4v) is 4.66. The Balaban J connectivity index is 1.74. The van der Waals surface area contributed by atoms with Crippen LogP contribution in [0.5, 0.6) is 0 Å². The Hall–Kier alpha value is -4.05. The van der Waals surface area contributed by atoms with Crippen LogP contribution in [0.2, 0.25) is 0 Å². The Labute approximate surface area is 233 Å². The molecule has 10 heteroatoms. The van der Waals surface area contributed by atoms with E-state index in [0.29, 0.717) is 12.0 Å². The Morgan fingerprint density at radius 3 is 2.23 bits per heavy atom. The SMILES string of the molecule is Cc1ccc(C(=O)N[C@H](CC2CCCCC2)C(=O)NC(COCc2ccccc2)C(=O)C(=O)NCC(=O)O)cc1. The predicted molar refractivity (Wildman–Crippen MR) is 147 cm³/mol. The van der Waals surface area contributed by atoms with Gasteiger partial charge < -0.3 is 25.8 Å². The molecule has 1 saturated carbocycles. The zero-order chi connectivity index (χ0) is 28.9. The van der Waals surface area contributed by atoms with Gasteiger partial charge in [0.05, 0.1) is 13.2 Å². The first-order valence-electron chi connectivity index (χ1n) is 13.6. The van der Waals surface area contributed by atoms with Gasteiger partial charge in [0.15, 0.2) is 0 Å². The smallest absolute Gasteiger partial charge is 0.322 e. The normalized spacial score (nSPS) is 14.9. The monoisotopic (exact) mass is 551 g/mol. The lowest BCUT2D eigenvalue weighted by Crippen LogP contribution is -2.56. The summed E-state index contributed by atoms with van der Waals surface area (Å²) in [6.07, 6.45) is 5.48. The molecule has 0 radical (unpaired) electrons. The summed E-state index contributed by atoms with van der Waals surface area (Å²) in [6.45, 7) is 0.979. The van der Waals surface area contributed by atoms with Crippen LogP contribution in [0.4, 0.5) is 0 Å². The maximum atomic E-state index is 13.5. The van der Waals surface area contributed by atoms with E-state index in [1.54, 1.807) is 24.3 Å². The lowest BCUT2D eigenvalue weighted by molar-refractivity contribution is -0.143. The van der Waals surface area contributed by atoms with Crippen LogP contribution in [0.3, 0.4) is 0 Å². The van der Waals surface area contributed by atoms with Crippen LogP contribution in [0, 0.1) is 12.8 Å². The lowest BCUT2D eigenvalue weighted by atomic mass is 9.84. The van der Waals surface area contributed by atoms with Crippen LogP contribution < -0.4 is 16.0 Å². The fourth-order valence-electron chi connectivity index (χ4n) is 4.66. The van der Waals surface area contributed by atoms with E-state index < -0.39 is 48.1 Å². The first-order valence-corrected chi connectivity index (χ1v) is 13.6. The van der Waals surface area contributed by atoms with Gasteiger partial charge in [-0.3, -0.25) is 24.0 Å². The standard InChI is InChI=1S/C30H37N3O7/c1-20-12-14-23(15-13-20)28(37)32-24(16-21-8-4-2-5-9-21)29(38)33-25(27(36)30(39)31-17-26(34)35)19-40-18-22-10-6-3-7-11-22/h3,6-7,10-15,21,24-25H,2,4-5,8-9,16-19H2,1H3,(H,31,39)(H,32,37)(H,33,38)(H,34,35)/t24-,25?/m1/s1. The summed E-state index contributed by atoms with van der Waals surface area (Å²) in [5, 5.41) is 16.3. The lowest BCUT2D eigenvalue weighted by Gasteiger charge is -2.28. The Kier molecular flexibility index (Phi) is 11.8. The quantitative estimate of drug-likeness (QED) is 0.264. The summed E-state index contributed by atoms with van der Waals surface area (Å²) in [5.74, 6) is -4.30. The molecule has 0 heterocycles. The molecule has 2 aromatic rings. The molecule has 3 rings (SSSR count). The van der Waals surface area contributed by atoms with E-state index in [2.05, 4.69) is 10.6 Å². The zero-order valence-corrected chi connectivity index (χ0v) is 22.7. The molecule has 40 heavy (non-hydrogen) atoms. The molecule has 0 bridgehead atoms. The Morgan fingerprint density at radius 1 is 0.900 bits per heavy atom. The van der Waals surface area contributed by atoms with Gasteiger partial charge in [-0.25, -0.2) is 0 Å². The van der Waals surface area contributed by atoms with Gasteiger partial charge in [0.1, 0.15) is 18.6 Å². The maximum absolute atomic E-state index is 13.5. The van der Waals surface area contributed by atoms with Crippen LogP contribution >= 0.6 is 0 Å². The number of amides is 3. The first kappa shape index (κ1) is 30.5. The molecule has 214 valence electrons. The molecule has 1 aliphatic carbocycles. The average Bonchev–Trinajstić information content (AvgIpc) is 2.96. The van der Waals surface area contributed by atoms with Crippen molar-refractivity contribution in [3.05, 3.63) is 71.3 Å². The van der Waals surface area contributed by atoms with Crippen LogP contribution in [0.15, 0.2) is 54.6 Å². The van der Waals surface area contributed by atoms with Crippen molar-refractivity contribution in [1.82, 2.24) is 16.0 Å². The van der Waals surface area contributed by atoms with Crippen molar-refractivity contribution >= 4 is 29.5 Å². The molecule has 0 aliphatic heterocycles. The topological polar surface area (TPSA) is 151 Å². The van der Waals surface area contributed by atoms with Crippen LogP contribution in [-0.4, -0.2) is 59.8 Å². The number of hydrogen-bond acceptors (Lipinski definition) is 6. The van der Waals surface area contributed by atoms with Gasteiger partial charge in [0.25, 0.3) is 11.8 Å². The number of ether oxygens (including phenoxy) is 1. The first-order chi connectivity index (χ1) is 19.2. The molecule has 1 aliphatic rings. The van der Waals surface area contributed by atoms with E-state index in [1.165, 1.54) is 0 Å². The van der Waals surface area contributed by atoms with Crippen LogP contribution in [-0.2, 0) is 30.5 Å². The minimum atomic E-state index is -1.38. The Morgan fingerprint density at radius 2 is 1.57 bits per heavy atom. The van der Waals surface area contributed by atoms with Crippen molar-refractivity contribution in [2.75, 3.05) is 13.2 Å². The average molecular weight is 552 g/mol. The van der Waals surface area contributed by atoms with Gasteiger partial charge in [-0.1, -0.05) is 80.1 Å². The van der Waals surface area contributed by atoms with Crippen molar-refractivity contribution in [2.45, 2.75) is 64.1 Å². The number of benzene rings is 2. The number of nitrogens with one attached hydrogen (secondary N) is 3. The molecule has 0 saturated heterocycles. The molecule has 4 N–H and O–H groups in total. The van der Waals surface area contributed by atoms with Crippen molar-refractivity contribution < 1.29 is 33.8 Å². The molecule has 1 unspecified atom stereocenters. The van der Waals surface area contributed by atoms with E-state index >= 15 is 0 Å². The minimum Gasteiger partial charge on any atom is -0.480 e. The predicted octanol–water partition coefficient (Wildman–Crippen LogP) is 2.54. The molecule has 0 spiro atoms. The summed E-state index contributed by atoms with van der Waals surface area (Å²) in [5.41, 5.74) is 2.22. The second kappa shape index (κ2) is 15.5. The number of carbonyl (C=O) groups excluding carboxylic acids is 4. The number of aryl methyl sites for hydroxylation is 1. The molecule has 1 fully saturated rings. The third-order valence-corrected chi connectivity index (χ3v) is 6.88. The second-order valence-electron chi connectivity index (χ2n) is 10.1. The highest BCUT2D eigenvalue weighted by Crippen LogP contribution is 2.27. The highest BCUT2D eigenvalue weighted by Gasteiger charge is 2.32. The molecule has 10 nitrogen and oxygen atoms in total. The van der Waals surface area contributed by atoms with Gasteiger partial charge in [0, 0.05) is 5.56 Å². The largest absolute Gasteiger partial charge is 0.480 e. The molecule has 3 amide bonds. The summed E-state index contributed by atoms with van der Waals surface area (Å²) >= 11 is 0. The number of rotatable bonds is 14. The third kappa shape index (κ3) is 9.92. The number of carboxylic acid groups (broad SMARTS) is 1. The molecule has 0 aromatic heterocycles. The van der Waals surface area contributed by atoms with Crippen molar-refractivity contribution in [3.8, 4) is 0 Å². The fraction of sp³-hybridized carbons (Fsp3) is 0.433. The summed E-state index contributed by atoms with van der Waals surface area (Å²) in [4.78, 5) is 62.7. The number of aliphatic carboxylic acids is 1. The number of Topliss-reactive ketones (excluding diaryl/α,β-unsaturated/α-hetero) is 1. The molecule has 2 aromatic carbocycles. The van der Waals surface area contributed by atoms with Crippen molar-refractivity contribution in [3.63, 3.8) is 0 Å². The van der Waals surface area contributed by atoms with E-state index in [0.717, 1.165) is 43.2 Å². The molecular formula is C30H37N3O7. The van der Waals surface area contributed by atoms with Gasteiger partial charge in [-0.05, 0) is 37.0 Å². The van der Waals surface area contributed by atoms with E-state index in [9.17, 15) is 24.0 Å².